The highest BCUT2D eigenvalue weighted by molar-refractivity contribution is 5.76. The second-order valence-corrected chi connectivity index (χ2v) is 28.5. The number of amides is 1. The van der Waals surface area contributed by atoms with Crippen LogP contribution in [0.2, 0.25) is 0 Å². The number of carbonyl (C=O) groups is 1. The highest BCUT2D eigenvalue weighted by Gasteiger charge is 2.51. The molecular formula is C82H151NO13. The van der Waals surface area contributed by atoms with Gasteiger partial charge in [-0.05, 0) is 70.6 Å². The molecule has 96 heavy (non-hydrogen) atoms. The Labute approximate surface area is 587 Å². The van der Waals surface area contributed by atoms with E-state index in [1.807, 2.05) is 6.08 Å². The Kier molecular flexibility index (Phi) is 61.7. The third-order valence-corrected chi connectivity index (χ3v) is 19.7. The molecule has 2 heterocycles. The summed E-state index contributed by atoms with van der Waals surface area (Å²) in [5.41, 5.74) is 0. The summed E-state index contributed by atoms with van der Waals surface area (Å²) in [7, 11) is 0. The van der Waals surface area contributed by atoms with E-state index in [2.05, 4.69) is 67.8 Å². The molecule has 2 fully saturated rings. The van der Waals surface area contributed by atoms with E-state index in [9.17, 15) is 45.6 Å². The molecule has 0 spiro atoms. The van der Waals surface area contributed by atoms with Crippen LogP contribution in [-0.4, -0.2) is 140 Å². The third-order valence-electron chi connectivity index (χ3n) is 19.7. The molecule has 2 aliphatic heterocycles. The average molecular weight is 1360 g/mol. The van der Waals surface area contributed by atoms with Crippen molar-refractivity contribution in [1.29, 1.82) is 0 Å². The molecule has 0 bridgehead atoms. The zero-order chi connectivity index (χ0) is 69.4. The molecule has 0 aromatic rings. The van der Waals surface area contributed by atoms with Crippen LogP contribution >= 0.6 is 0 Å². The molecule has 0 aromatic heterocycles. The molecule has 14 heteroatoms. The number of hydrogen-bond acceptors (Lipinski definition) is 13. The Balaban J connectivity index is 1.59. The first-order chi connectivity index (χ1) is 47.1. The number of ether oxygens (including phenoxy) is 4. The summed E-state index contributed by atoms with van der Waals surface area (Å²) in [6.07, 6.45) is 73.1. The number of nitrogens with one attached hydrogen (secondary N) is 1. The summed E-state index contributed by atoms with van der Waals surface area (Å²) in [6, 6.07) is -0.933. The molecular weight excluding hydrogens is 1210 g/mol. The summed E-state index contributed by atoms with van der Waals surface area (Å²) in [4.78, 5) is 13.4. The molecule has 1 amide bonds. The van der Waals surface area contributed by atoms with Gasteiger partial charge < -0.3 is 65.1 Å². The van der Waals surface area contributed by atoms with Crippen LogP contribution in [0.3, 0.4) is 0 Å². The summed E-state index contributed by atoms with van der Waals surface area (Å²) in [5.74, 6) is -0.243. The lowest BCUT2D eigenvalue weighted by atomic mass is 9.97. The van der Waals surface area contributed by atoms with Crippen LogP contribution in [0, 0.1) is 0 Å². The summed E-state index contributed by atoms with van der Waals surface area (Å²) >= 11 is 0. The minimum atomic E-state index is -1.79. The zero-order valence-electron chi connectivity index (χ0n) is 61.6. The molecule has 0 radical (unpaired) electrons. The highest BCUT2D eigenvalue weighted by atomic mass is 16.7. The van der Waals surface area contributed by atoms with Gasteiger partial charge in [0.2, 0.25) is 5.91 Å². The van der Waals surface area contributed by atoms with Gasteiger partial charge in [-0.25, -0.2) is 0 Å². The van der Waals surface area contributed by atoms with E-state index < -0.39 is 86.8 Å². The predicted octanol–water partition coefficient (Wildman–Crippen LogP) is 18.4. The van der Waals surface area contributed by atoms with Crippen molar-refractivity contribution < 1.29 is 64.6 Å². The summed E-state index contributed by atoms with van der Waals surface area (Å²) < 4.78 is 22.9. The van der Waals surface area contributed by atoms with E-state index in [-0.39, 0.29) is 18.9 Å². The van der Waals surface area contributed by atoms with Crippen molar-refractivity contribution in [3.8, 4) is 0 Å². The number of allylic oxidation sites excluding steroid dienone is 9. The molecule has 12 unspecified atom stereocenters. The molecule has 2 aliphatic rings. The number of carbonyl (C=O) groups excluding carboxylic acids is 1. The second kappa shape index (κ2) is 66.0. The number of hydrogen-bond donors (Lipinski definition) is 9. The van der Waals surface area contributed by atoms with Crippen LogP contribution in [0.1, 0.15) is 361 Å². The number of aliphatic hydroxyl groups excluding tert-OH is 8. The largest absolute Gasteiger partial charge is 0.394 e. The lowest BCUT2D eigenvalue weighted by molar-refractivity contribution is -0.359. The van der Waals surface area contributed by atoms with E-state index in [4.69, 9.17) is 18.9 Å². The molecule has 9 N–H and O–H groups in total. The Bertz CT molecular complexity index is 1840. The highest BCUT2D eigenvalue weighted by Crippen LogP contribution is 2.30. The lowest BCUT2D eigenvalue weighted by Gasteiger charge is -2.46. The van der Waals surface area contributed by atoms with Crippen LogP contribution in [0.4, 0.5) is 0 Å². The quantitative estimate of drug-likeness (QED) is 0.0204. The first-order valence-electron chi connectivity index (χ1n) is 40.5. The first-order valence-corrected chi connectivity index (χ1v) is 40.5. The second-order valence-electron chi connectivity index (χ2n) is 28.5. The third kappa shape index (κ3) is 48.5. The minimum Gasteiger partial charge on any atom is -0.394 e. The molecule has 12 atom stereocenters. The van der Waals surface area contributed by atoms with Crippen molar-refractivity contribution in [2.24, 2.45) is 0 Å². The van der Waals surface area contributed by atoms with Crippen LogP contribution in [0.25, 0.3) is 0 Å². The Morgan fingerprint density at radius 3 is 1.09 bits per heavy atom. The molecule has 2 rings (SSSR count). The Hall–Kier alpha value is -2.31. The number of aliphatic hydroxyl groups is 8. The fourth-order valence-electron chi connectivity index (χ4n) is 13.3. The minimum absolute atomic E-state index is 0.243. The van der Waals surface area contributed by atoms with Gasteiger partial charge in [0.15, 0.2) is 12.6 Å². The van der Waals surface area contributed by atoms with Crippen molar-refractivity contribution in [1.82, 2.24) is 5.32 Å². The van der Waals surface area contributed by atoms with Crippen molar-refractivity contribution in [3.63, 3.8) is 0 Å². The fraction of sp³-hybridized carbons (Fsp3) is 0.866. The van der Waals surface area contributed by atoms with E-state index in [1.165, 1.54) is 283 Å². The molecule has 14 nitrogen and oxygen atoms in total. The molecule has 0 aromatic carbocycles. The number of unbranched alkanes of at least 4 members (excludes halogenated alkanes) is 47. The van der Waals surface area contributed by atoms with Crippen LogP contribution < -0.4 is 5.32 Å². The van der Waals surface area contributed by atoms with E-state index >= 15 is 0 Å². The summed E-state index contributed by atoms with van der Waals surface area (Å²) in [6.45, 7) is 2.82. The normalized spacial score (nSPS) is 22.5. The molecule has 0 aliphatic carbocycles. The topological polar surface area (TPSA) is 228 Å². The van der Waals surface area contributed by atoms with Gasteiger partial charge in [0.05, 0.1) is 32.0 Å². The van der Waals surface area contributed by atoms with Gasteiger partial charge in [0.1, 0.15) is 48.8 Å². The van der Waals surface area contributed by atoms with Crippen molar-refractivity contribution in [2.75, 3.05) is 19.8 Å². The molecule has 0 saturated carbocycles. The Morgan fingerprint density at radius 1 is 0.375 bits per heavy atom. The average Bonchev–Trinajstić information content (AvgIpc) is 0.806. The van der Waals surface area contributed by atoms with Crippen molar-refractivity contribution in [2.45, 2.75) is 434 Å². The summed E-state index contributed by atoms with van der Waals surface area (Å²) in [5, 5.41) is 87.6. The zero-order valence-corrected chi connectivity index (χ0v) is 61.6. The number of rotatable bonds is 68. The van der Waals surface area contributed by atoms with Gasteiger partial charge in [0.25, 0.3) is 0 Å². The van der Waals surface area contributed by atoms with Gasteiger partial charge in [-0.3, -0.25) is 4.79 Å². The fourth-order valence-corrected chi connectivity index (χ4v) is 13.3. The van der Waals surface area contributed by atoms with Gasteiger partial charge in [-0.1, -0.05) is 344 Å². The van der Waals surface area contributed by atoms with E-state index in [1.54, 1.807) is 6.08 Å². The van der Waals surface area contributed by atoms with Gasteiger partial charge >= 0.3 is 0 Å². The predicted molar refractivity (Wildman–Crippen MR) is 397 cm³/mol. The van der Waals surface area contributed by atoms with Gasteiger partial charge in [0, 0.05) is 6.42 Å². The van der Waals surface area contributed by atoms with Gasteiger partial charge in [-0.2, -0.15) is 0 Å². The van der Waals surface area contributed by atoms with Crippen LogP contribution in [0.5, 0.6) is 0 Å². The smallest absolute Gasteiger partial charge is 0.220 e. The van der Waals surface area contributed by atoms with Crippen LogP contribution in [-0.2, 0) is 23.7 Å². The monoisotopic (exact) mass is 1360 g/mol. The van der Waals surface area contributed by atoms with Crippen molar-refractivity contribution in [3.05, 3.63) is 60.8 Å². The lowest BCUT2D eigenvalue weighted by Crippen LogP contribution is -2.65. The maximum absolute atomic E-state index is 13.4. The van der Waals surface area contributed by atoms with Crippen molar-refractivity contribution >= 4 is 5.91 Å². The first kappa shape index (κ1) is 89.8. The van der Waals surface area contributed by atoms with Crippen LogP contribution in [0.15, 0.2) is 60.8 Å². The van der Waals surface area contributed by atoms with E-state index in [0.717, 1.165) is 44.9 Å². The molecule has 2 saturated heterocycles. The van der Waals surface area contributed by atoms with E-state index in [0.29, 0.717) is 12.8 Å². The Morgan fingerprint density at radius 2 is 0.698 bits per heavy atom. The standard InChI is InChI=1S/C82H151NO13/c1-3-5-7-9-11-13-15-17-19-21-23-25-27-28-29-30-31-32-33-34-35-36-37-38-39-40-41-42-44-46-48-50-52-54-56-58-60-62-64-66-74(87)83-70(69-93-81-79(92)77(90)80(73(68-85)95-81)96-82-78(91)76(89)75(88)72(67-84)94-82)71(86)65-63-61-59-57-55-53-51-49-47-45-43-26-24-22-20-18-16-14-12-10-8-6-4-2/h15,17,21,23,27-28,55,57,63,65,70-73,75-82,84-86,88-92H,3-14,16,18-20,22,24-26,29-54,56,58-62,64,66-69H2,1-2H3,(H,83,87)/b17-15-,23-21-,28-27-,57-55+,65-63+. The SMILES string of the molecule is CCCCCCC/C=C\C/C=C\C/C=C\CCCCCCCCCCCCCCCCCCCCCCCCCCC(=O)NC(COC1OC(CO)C(OC2OC(CO)C(O)C(O)C2O)C(O)C1O)C(O)/C=C/CC/C=C/CCCCCCCCCCCCCCCCCCC. The van der Waals surface area contributed by atoms with Gasteiger partial charge in [-0.15, -0.1) is 0 Å². The maximum Gasteiger partial charge on any atom is 0.220 e. The maximum atomic E-state index is 13.4. The molecule has 562 valence electrons.